The molecule has 1 aromatic rings. The first-order chi connectivity index (χ1) is 9.83. The molecule has 1 saturated carbocycles. The van der Waals surface area contributed by atoms with Crippen LogP contribution in [-0.4, -0.2) is 31.1 Å². The molecular weight excluding hydrogens is 303 g/mol. The third-order valence-corrected chi connectivity index (χ3v) is 5.03. The van der Waals surface area contributed by atoms with Crippen LogP contribution in [0.1, 0.15) is 19.3 Å². The molecule has 7 nitrogen and oxygen atoms in total. The van der Waals surface area contributed by atoms with Gasteiger partial charge in [-0.3, -0.25) is 10.1 Å². The van der Waals surface area contributed by atoms with Gasteiger partial charge in [0.05, 0.1) is 11.0 Å². The summed E-state index contributed by atoms with van der Waals surface area (Å²) in [6, 6.07) is 2.91. The van der Waals surface area contributed by atoms with Gasteiger partial charge in [-0.05, 0) is 30.9 Å². The molecule has 0 radical (unpaired) electrons. The van der Waals surface area contributed by atoms with Crippen LogP contribution >= 0.6 is 0 Å². The molecule has 1 fully saturated rings. The highest BCUT2D eigenvalue weighted by atomic mass is 32.2. The zero-order valence-corrected chi connectivity index (χ0v) is 11.8. The molecule has 0 saturated heterocycles. The number of sulfonamides is 1. The Kier molecular flexibility index (Phi) is 4.55. The van der Waals surface area contributed by atoms with Crippen molar-refractivity contribution in [1.82, 2.24) is 4.72 Å². The Bertz CT molecular complexity index is 649. The maximum atomic E-state index is 13.5. The number of hydrogen-bond acceptors (Lipinski definition) is 5. The SMILES string of the molecule is O=[N+]([O-])c1c(F)cccc1S(=O)(=O)NCC1CCCC1O. The van der Waals surface area contributed by atoms with E-state index in [1.807, 2.05) is 0 Å². The zero-order chi connectivity index (χ0) is 15.6. The van der Waals surface area contributed by atoms with E-state index in [9.17, 15) is 28.0 Å². The molecule has 1 aliphatic rings. The Morgan fingerprint density at radius 1 is 1.43 bits per heavy atom. The second kappa shape index (κ2) is 6.04. The normalized spacial score (nSPS) is 22.4. The fraction of sp³-hybridized carbons (Fsp3) is 0.500. The zero-order valence-electron chi connectivity index (χ0n) is 11.0. The molecule has 0 spiro atoms. The molecule has 2 unspecified atom stereocenters. The van der Waals surface area contributed by atoms with E-state index < -0.39 is 37.5 Å². The highest BCUT2D eigenvalue weighted by Crippen LogP contribution is 2.28. The van der Waals surface area contributed by atoms with Gasteiger partial charge in [-0.25, -0.2) is 13.1 Å². The van der Waals surface area contributed by atoms with Crippen LogP contribution in [0.5, 0.6) is 0 Å². The van der Waals surface area contributed by atoms with Gasteiger partial charge in [0.25, 0.3) is 0 Å². The summed E-state index contributed by atoms with van der Waals surface area (Å²) in [6.45, 7) is -0.0306. The number of benzene rings is 1. The van der Waals surface area contributed by atoms with Crippen molar-refractivity contribution in [2.24, 2.45) is 5.92 Å². The van der Waals surface area contributed by atoms with E-state index in [1.165, 1.54) is 0 Å². The molecule has 0 aliphatic heterocycles. The van der Waals surface area contributed by atoms with Crippen LogP contribution < -0.4 is 4.72 Å². The Morgan fingerprint density at radius 2 is 2.14 bits per heavy atom. The monoisotopic (exact) mass is 318 g/mol. The van der Waals surface area contributed by atoms with Crippen LogP contribution in [0.25, 0.3) is 0 Å². The molecule has 1 aromatic carbocycles. The Morgan fingerprint density at radius 3 is 2.71 bits per heavy atom. The number of nitro groups is 1. The van der Waals surface area contributed by atoms with E-state index in [1.54, 1.807) is 0 Å². The Hall–Kier alpha value is -1.58. The molecule has 116 valence electrons. The van der Waals surface area contributed by atoms with Crippen LogP contribution in [0.3, 0.4) is 0 Å². The minimum absolute atomic E-state index is 0.0306. The molecule has 21 heavy (non-hydrogen) atoms. The fourth-order valence-corrected chi connectivity index (χ4v) is 3.71. The smallest absolute Gasteiger partial charge is 0.324 e. The van der Waals surface area contributed by atoms with Gasteiger partial charge in [0.2, 0.25) is 15.8 Å². The first kappa shape index (κ1) is 15.8. The van der Waals surface area contributed by atoms with Gasteiger partial charge in [0.1, 0.15) is 0 Å². The summed E-state index contributed by atoms with van der Waals surface area (Å²) in [6.07, 6.45) is 1.49. The van der Waals surface area contributed by atoms with E-state index in [0.717, 1.165) is 24.6 Å². The lowest BCUT2D eigenvalue weighted by atomic mass is 10.1. The molecule has 1 aliphatic carbocycles. The van der Waals surface area contributed by atoms with Crippen molar-refractivity contribution in [2.45, 2.75) is 30.3 Å². The van der Waals surface area contributed by atoms with E-state index in [0.29, 0.717) is 12.8 Å². The average molecular weight is 318 g/mol. The molecule has 0 amide bonds. The van der Waals surface area contributed by atoms with Gasteiger partial charge in [-0.15, -0.1) is 0 Å². The van der Waals surface area contributed by atoms with E-state index in [4.69, 9.17) is 0 Å². The number of rotatable bonds is 5. The Balaban J connectivity index is 2.24. The number of aliphatic hydroxyl groups excluding tert-OH is 1. The van der Waals surface area contributed by atoms with E-state index in [-0.39, 0.29) is 12.5 Å². The quantitative estimate of drug-likeness (QED) is 0.625. The lowest BCUT2D eigenvalue weighted by Gasteiger charge is -2.15. The molecule has 2 rings (SSSR count). The van der Waals surface area contributed by atoms with E-state index in [2.05, 4.69) is 4.72 Å². The predicted molar refractivity (Wildman–Crippen MR) is 71.6 cm³/mol. The average Bonchev–Trinajstić information content (AvgIpc) is 2.81. The standard InChI is InChI=1S/C12H15FN2O5S/c13-9-4-2-6-11(12(9)15(17)18)21(19,20)14-7-8-3-1-5-10(8)16/h2,4,6,8,10,14,16H,1,3,5,7H2. The summed E-state index contributed by atoms with van der Waals surface area (Å²) >= 11 is 0. The van der Waals surface area contributed by atoms with Gasteiger partial charge < -0.3 is 5.11 Å². The van der Waals surface area contributed by atoms with Crippen molar-refractivity contribution in [1.29, 1.82) is 0 Å². The fourth-order valence-electron chi connectivity index (χ4n) is 2.44. The molecule has 2 N–H and O–H groups in total. The van der Waals surface area contributed by atoms with Crippen LogP contribution in [0.4, 0.5) is 10.1 Å². The maximum Gasteiger partial charge on any atom is 0.324 e. The summed E-state index contributed by atoms with van der Waals surface area (Å²) in [5.41, 5.74) is -1.07. The summed E-state index contributed by atoms with van der Waals surface area (Å²) in [5.74, 6) is -1.43. The van der Waals surface area contributed by atoms with Crippen molar-refractivity contribution in [3.05, 3.63) is 34.1 Å². The highest BCUT2D eigenvalue weighted by molar-refractivity contribution is 7.89. The van der Waals surface area contributed by atoms with Crippen molar-refractivity contribution in [3.8, 4) is 0 Å². The number of para-hydroxylation sites is 1. The summed E-state index contributed by atoms with van der Waals surface area (Å²) < 4.78 is 39.9. The largest absolute Gasteiger partial charge is 0.393 e. The van der Waals surface area contributed by atoms with Gasteiger partial charge >= 0.3 is 5.69 Å². The van der Waals surface area contributed by atoms with Crippen LogP contribution in [0.2, 0.25) is 0 Å². The van der Waals surface area contributed by atoms with Crippen LogP contribution in [0, 0.1) is 21.8 Å². The molecule has 0 aromatic heterocycles. The molecule has 0 bridgehead atoms. The number of aliphatic hydroxyl groups is 1. The van der Waals surface area contributed by atoms with Crippen LogP contribution in [-0.2, 0) is 10.0 Å². The molecule has 0 heterocycles. The number of nitrogens with one attached hydrogen (secondary N) is 1. The first-order valence-electron chi connectivity index (χ1n) is 6.43. The predicted octanol–water partition coefficient (Wildman–Crippen LogP) is 1.17. The Labute approximate surface area is 121 Å². The molecule has 9 heteroatoms. The van der Waals surface area contributed by atoms with E-state index >= 15 is 0 Å². The van der Waals surface area contributed by atoms with Gasteiger partial charge in [0.15, 0.2) is 4.90 Å². The second-order valence-electron chi connectivity index (χ2n) is 4.95. The minimum Gasteiger partial charge on any atom is -0.393 e. The topological polar surface area (TPSA) is 110 Å². The second-order valence-corrected chi connectivity index (χ2v) is 6.69. The number of nitrogens with zero attached hydrogens (tertiary/aromatic N) is 1. The number of nitro benzene ring substituents is 1. The van der Waals surface area contributed by atoms with Crippen molar-refractivity contribution < 1.29 is 22.8 Å². The highest BCUT2D eigenvalue weighted by Gasteiger charge is 2.31. The number of halogens is 1. The molecule has 2 atom stereocenters. The summed E-state index contributed by atoms with van der Waals surface area (Å²) in [7, 11) is -4.21. The minimum atomic E-state index is -4.21. The van der Waals surface area contributed by atoms with Crippen molar-refractivity contribution >= 4 is 15.7 Å². The summed E-state index contributed by atoms with van der Waals surface area (Å²) in [4.78, 5) is 9.07. The third kappa shape index (κ3) is 3.36. The summed E-state index contributed by atoms with van der Waals surface area (Å²) in [5, 5.41) is 20.5. The molecular formula is C12H15FN2O5S. The third-order valence-electron chi connectivity index (χ3n) is 3.58. The van der Waals surface area contributed by atoms with Crippen molar-refractivity contribution in [3.63, 3.8) is 0 Å². The first-order valence-corrected chi connectivity index (χ1v) is 7.92. The van der Waals surface area contributed by atoms with Gasteiger partial charge in [-0.1, -0.05) is 12.5 Å². The lowest BCUT2D eigenvalue weighted by molar-refractivity contribution is -0.390. The lowest BCUT2D eigenvalue weighted by Crippen LogP contribution is -2.32. The van der Waals surface area contributed by atoms with Gasteiger partial charge in [-0.2, -0.15) is 4.39 Å². The maximum absolute atomic E-state index is 13.5. The number of hydrogen-bond donors (Lipinski definition) is 2. The van der Waals surface area contributed by atoms with Gasteiger partial charge in [0, 0.05) is 6.54 Å². The van der Waals surface area contributed by atoms with Crippen LogP contribution in [0.15, 0.2) is 23.1 Å². The van der Waals surface area contributed by atoms with Crippen molar-refractivity contribution in [2.75, 3.05) is 6.54 Å².